The van der Waals surface area contributed by atoms with Crippen LogP contribution in [0.15, 0.2) is 6.20 Å². The summed E-state index contributed by atoms with van der Waals surface area (Å²) in [7, 11) is 2.16. The molecule has 112 valence electrons. The molecular formula is C16H28N4. The van der Waals surface area contributed by atoms with E-state index in [-0.39, 0.29) is 0 Å². The summed E-state index contributed by atoms with van der Waals surface area (Å²) in [5.74, 6) is 2.20. The second-order valence-corrected chi connectivity index (χ2v) is 6.22. The Morgan fingerprint density at radius 3 is 2.75 bits per heavy atom. The minimum atomic E-state index is 0.378. The van der Waals surface area contributed by atoms with Crippen LogP contribution in [0.25, 0.3) is 0 Å². The van der Waals surface area contributed by atoms with E-state index in [1.165, 1.54) is 18.5 Å². The van der Waals surface area contributed by atoms with Crippen molar-refractivity contribution in [3.05, 3.63) is 17.7 Å². The molecule has 0 radical (unpaired) electrons. The molecule has 2 rings (SSSR count). The molecule has 1 N–H and O–H groups in total. The molecule has 1 saturated carbocycles. The summed E-state index contributed by atoms with van der Waals surface area (Å²) >= 11 is 0. The van der Waals surface area contributed by atoms with E-state index in [9.17, 15) is 0 Å². The molecule has 1 fully saturated rings. The summed E-state index contributed by atoms with van der Waals surface area (Å²) in [5.41, 5.74) is 2.32. The fraction of sp³-hybridized carbons (Fsp3) is 0.750. The van der Waals surface area contributed by atoms with Crippen molar-refractivity contribution in [1.29, 1.82) is 0 Å². The number of nitrogens with zero attached hydrogens (tertiary/aromatic N) is 3. The van der Waals surface area contributed by atoms with Gasteiger partial charge in [0, 0.05) is 26.1 Å². The van der Waals surface area contributed by atoms with Crippen molar-refractivity contribution in [3.8, 4) is 0 Å². The first-order valence-electron chi connectivity index (χ1n) is 7.89. The normalized spacial score (nSPS) is 14.8. The summed E-state index contributed by atoms with van der Waals surface area (Å²) < 4.78 is 0. The van der Waals surface area contributed by atoms with Crippen LogP contribution in [0, 0.1) is 5.92 Å². The van der Waals surface area contributed by atoms with Crippen molar-refractivity contribution in [2.45, 2.75) is 52.5 Å². The molecule has 4 nitrogen and oxygen atoms in total. The van der Waals surface area contributed by atoms with Gasteiger partial charge in [-0.1, -0.05) is 20.8 Å². The van der Waals surface area contributed by atoms with Crippen molar-refractivity contribution in [3.63, 3.8) is 0 Å². The third-order valence-electron chi connectivity index (χ3n) is 3.74. The quantitative estimate of drug-likeness (QED) is 0.741. The summed E-state index contributed by atoms with van der Waals surface area (Å²) in [6.45, 7) is 9.48. The molecule has 0 spiro atoms. The molecule has 1 heterocycles. The Kier molecular flexibility index (Phi) is 5.35. The third kappa shape index (κ3) is 4.17. The molecule has 1 aromatic heterocycles. The Hall–Kier alpha value is -1.16. The van der Waals surface area contributed by atoms with Crippen LogP contribution in [0.4, 0.5) is 5.69 Å². The largest absolute Gasteiger partial charge is 0.372 e. The SMILES string of the molecule is CCCNCc1nc(C(C)C)ncc1N(C)CC1CC1. The van der Waals surface area contributed by atoms with E-state index in [0.29, 0.717) is 5.92 Å². The van der Waals surface area contributed by atoms with Crippen molar-refractivity contribution in [2.24, 2.45) is 5.92 Å². The maximum absolute atomic E-state index is 4.78. The van der Waals surface area contributed by atoms with Crippen LogP contribution in [0.1, 0.15) is 57.5 Å². The molecule has 1 aliphatic carbocycles. The summed E-state index contributed by atoms with van der Waals surface area (Å²) in [6, 6.07) is 0. The lowest BCUT2D eigenvalue weighted by atomic mass is 10.2. The predicted molar refractivity (Wildman–Crippen MR) is 84.1 cm³/mol. The molecule has 0 aliphatic heterocycles. The Morgan fingerprint density at radius 2 is 2.15 bits per heavy atom. The molecule has 0 amide bonds. The zero-order valence-corrected chi connectivity index (χ0v) is 13.3. The Balaban J connectivity index is 2.13. The fourth-order valence-electron chi connectivity index (χ4n) is 2.32. The van der Waals surface area contributed by atoms with Crippen LogP contribution in [-0.2, 0) is 6.54 Å². The van der Waals surface area contributed by atoms with Crippen molar-refractivity contribution >= 4 is 5.69 Å². The van der Waals surface area contributed by atoms with Crippen LogP contribution in [-0.4, -0.2) is 30.1 Å². The predicted octanol–water partition coefficient (Wildman–Crippen LogP) is 2.95. The molecular weight excluding hydrogens is 248 g/mol. The highest BCUT2D eigenvalue weighted by atomic mass is 15.1. The average molecular weight is 276 g/mol. The lowest BCUT2D eigenvalue weighted by Crippen LogP contribution is -2.25. The van der Waals surface area contributed by atoms with Gasteiger partial charge in [0.05, 0.1) is 17.6 Å². The molecule has 1 aliphatic rings. The van der Waals surface area contributed by atoms with Gasteiger partial charge in [0.25, 0.3) is 0 Å². The van der Waals surface area contributed by atoms with Gasteiger partial charge in [-0.15, -0.1) is 0 Å². The highest BCUT2D eigenvalue weighted by molar-refractivity contribution is 5.48. The number of aromatic nitrogens is 2. The van der Waals surface area contributed by atoms with Gasteiger partial charge >= 0.3 is 0 Å². The van der Waals surface area contributed by atoms with Gasteiger partial charge in [0.15, 0.2) is 0 Å². The molecule has 0 saturated heterocycles. The summed E-state index contributed by atoms with van der Waals surface area (Å²) in [4.78, 5) is 11.6. The topological polar surface area (TPSA) is 41.1 Å². The first kappa shape index (κ1) is 15.2. The van der Waals surface area contributed by atoms with Gasteiger partial charge in [-0.3, -0.25) is 0 Å². The second-order valence-electron chi connectivity index (χ2n) is 6.22. The van der Waals surface area contributed by atoms with E-state index >= 15 is 0 Å². The monoisotopic (exact) mass is 276 g/mol. The van der Waals surface area contributed by atoms with Crippen LogP contribution < -0.4 is 10.2 Å². The Bertz CT molecular complexity index is 426. The van der Waals surface area contributed by atoms with Crippen molar-refractivity contribution < 1.29 is 0 Å². The summed E-state index contributed by atoms with van der Waals surface area (Å²) in [5, 5.41) is 3.46. The van der Waals surface area contributed by atoms with E-state index in [2.05, 4.69) is 43.0 Å². The molecule has 0 atom stereocenters. The molecule has 1 aromatic rings. The van der Waals surface area contributed by atoms with Crippen LogP contribution in [0.3, 0.4) is 0 Å². The molecule has 20 heavy (non-hydrogen) atoms. The van der Waals surface area contributed by atoms with Gasteiger partial charge < -0.3 is 10.2 Å². The molecule has 0 bridgehead atoms. The maximum atomic E-state index is 4.78. The highest BCUT2D eigenvalue weighted by Gasteiger charge is 2.24. The van der Waals surface area contributed by atoms with Gasteiger partial charge in [-0.05, 0) is 31.7 Å². The molecule has 0 aromatic carbocycles. The summed E-state index contributed by atoms with van der Waals surface area (Å²) in [6.07, 6.45) is 5.90. The molecule has 4 heteroatoms. The smallest absolute Gasteiger partial charge is 0.131 e. The lowest BCUT2D eigenvalue weighted by molar-refractivity contribution is 0.648. The highest BCUT2D eigenvalue weighted by Crippen LogP contribution is 2.31. The van der Waals surface area contributed by atoms with E-state index in [1.807, 2.05) is 6.20 Å². The molecule has 0 unspecified atom stereocenters. The number of hydrogen-bond donors (Lipinski definition) is 1. The zero-order valence-electron chi connectivity index (χ0n) is 13.3. The standard InChI is InChI=1S/C16H28N4/c1-5-8-17-9-14-15(20(4)11-13-6-7-13)10-18-16(19-14)12(2)3/h10,12-13,17H,5-9,11H2,1-4H3. The van der Waals surface area contributed by atoms with Gasteiger partial charge in [0.2, 0.25) is 0 Å². The Labute approximate surface area is 123 Å². The van der Waals surface area contributed by atoms with E-state index < -0.39 is 0 Å². The zero-order chi connectivity index (χ0) is 14.5. The number of rotatable bonds is 8. The minimum Gasteiger partial charge on any atom is -0.372 e. The van der Waals surface area contributed by atoms with Gasteiger partial charge in [0.1, 0.15) is 5.82 Å². The van der Waals surface area contributed by atoms with E-state index in [4.69, 9.17) is 4.98 Å². The van der Waals surface area contributed by atoms with Crippen LogP contribution in [0.5, 0.6) is 0 Å². The minimum absolute atomic E-state index is 0.378. The Morgan fingerprint density at radius 1 is 1.40 bits per heavy atom. The van der Waals surface area contributed by atoms with Crippen LogP contribution in [0.2, 0.25) is 0 Å². The van der Waals surface area contributed by atoms with Crippen molar-refractivity contribution in [2.75, 3.05) is 25.0 Å². The second kappa shape index (κ2) is 7.02. The van der Waals surface area contributed by atoms with E-state index in [1.54, 1.807) is 0 Å². The fourth-order valence-corrected chi connectivity index (χ4v) is 2.32. The number of hydrogen-bond acceptors (Lipinski definition) is 4. The number of nitrogens with one attached hydrogen (secondary N) is 1. The van der Waals surface area contributed by atoms with E-state index in [0.717, 1.165) is 43.5 Å². The van der Waals surface area contributed by atoms with Gasteiger partial charge in [-0.25, -0.2) is 9.97 Å². The lowest BCUT2D eigenvalue weighted by Gasteiger charge is -2.22. The first-order chi connectivity index (χ1) is 9.61. The first-order valence-corrected chi connectivity index (χ1v) is 7.89. The van der Waals surface area contributed by atoms with Crippen LogP contribution >= 0.6 is 0 Å². The van der Waals surface area contributed by atoms with Gasteiger partial charge in [-0.2, -0.15) is 0 Å². The van der Waals surface area contributed by atoms with Crippen molar-refractivity contribution in [1.82, 2.24) is 15.3 Å². The third-order valence-corrected chi connectivity index (χ3v) is 3.74. The maximum Gasteiger partial charge on any atom is 0.131 e. The average Bonchev–Trinajstić information content (AvgIpc) is 3.22. The number of anilines is 1.